The Bertz CT molecular complexity index is 1600. The van der Waals surface area contributed by atoms with Gasteiger partial charge in [-0.1, -0.05) is 18.1 Å². The number of rotatable bonds is 4. The van der Waals surface area contributed by atoms with Crippen molar-refractivity contribution in [3.8, 4) is 29.0 Å². The van der Waals surface area contributed by atoms with Crippen LogP contribution in [0, 0.1) is 17.7 Å². The number of ether oxygens (including phenoxy) is 1. The maximum Gasteiger partial charge on any atom is 0.298 e. The largest absolute Gasteiger partial charge is 0.454 e. The van der Waals surface area contributed by atoms with E-state index in [-0.39, 0.29) is 35.0 Å². The zero-order chi connectivity index (χ0) is 25.4. The van der Waals surface area contributed by atoms with Crippen molar-refractivity contribution in [3.05, 3.63) is 76.4 Å². The molecule has 1 aliphatic rings. The fourth-order valence-electron chi connectivity index (χ4n) is 4.41. The Morgan fingerprint density at radius 2 is 2.11 bits per heavy atom. The topological polar surface area (TPSA) is 106 Å². The van der Waals surface area contributed by atoms with Crippen molar-refractivity contribution in [3.63, 3.8) is 0 Å². The number of anilines is 1. The van der Waals surface area contributed by atoms with Crippen LogP contribution in [0.5, 0.6) is 11.5 Å². The Balaban J connectivity index is 1.52. The predicted molar refractivity (Wildman–Crippen MR) is 130 cm³/mol. The van der Waals surface area contributed by atoms with E-state index in [1.165, 1.54) is 12.1 Å². The van der Waals surface area contributed by atoms with Crippen LogP contribution in [-0.2, 0) is 4.79 Å². The third-order valence-corrected chi connectivity index (χ3v) is 6.04. The maximum atomic E-state index is 14.2. The van der Waals surface area contributed by atoms with Gasteiger partial charge in [-0.15, -0.1) is 0 Å². The van der Waals surface area contributed by atoms with E-state index in [1.54, 1.807) is 46.7 Å². The molecule has 0 aliphatic carbocycles. The van der Waals surface area contributed by atoms with Crippen LogP contribution in [0.3, 0.4) is 0 Å². The number of hydrogen-bond donors (Lipinski definition) is 2. The Morgan fingerprint density at radius 1 is 1.31 bits per heavy atom. The zero-order valence-corrected chi connectivity index (χ0v) is 18.8. The Morgan fingerprint density at radius 3 is 2.89 bits per heavy atom. The molecule has 4 aromatic rings. The molecule has 5 rings (SSSR count). The minimum absolute atomic E-state index is 0.0444. The van der Waals surface area contributed by atoms with Crippen LogP contribution in [0.25, 0.3) is 16.6 Å². The molecule has 0 spiro atoms. The van der Waals surface area contributed by atoms with Crippen LogP contribution in [0.15, 0.2) is 59.5 Å². The number of carbonyl (C=O) groups excluding carboxylic acids is 1. The van der Waals surface area contributed by atoms with Crippen LogP contribution in [0.2, 0.25) is 0 Å². The number of H-pyrrole nitrogens is 1. The number of aromatic amines is 1. The smallest absolute Gasteiger partial charge is 0.298 e. The van der Waals surface area contributed by atoms with E-state index in [2.05, 4.69) is 22.0 Å². The van der Waals surface area contributed by atoms with Crippen LogP contribution in [-0.4, -0.2) is 38.7 Å². The lowest BCUT2D eigenvalue weighted by Crippen LogP contribution is -2.27. The molecule has 0 unspecified atom stereocenters. The van der Waals surface area contributed by atoms with Gasteiger partial charge in [-0.3, -0.25) is 9.59 Å². The molecule has 1 saturated heterocycles. The van der Waals surface area contributed by atoms with Gasteiger partial charge < -0.3 is 19.9 Å². The number of para-hydroxylation sites is 1. The molecule has 1 atom stereocenters. The summed E-state index contributed by atoms with van der Waals surface area (Å²) >= 11 is 0. The number of nitrogen functional groups attached to an aromatic ring is 1. The molecule has 1 amide bonds. The van der Waals surface area contributed by atoms with Gasteiger partial charge >= 0.3 is 0 Å². The highest BCUT2D eigenvalue weighted by Gasteiger charge is 2.30. The molecule has 176 valence electrons. The van der Waals surface area contributed by atoms with Crippen LogP contribution >= 0.6 is 0 Å². The van der Waals surface area contributed by atoms with E-state index in [0.717, 1.165) is 5.56 Å². The van der Waals surface area contributed by atoms with Gasteiger partial charge in [0.25, 0.3) is 11.5 Å². The van der Waals surface area contributed by atoms with Gasteiger partial charge in [0.2, 0.25) is 0 Å². The van der Waals surface area contributed by atoms with E-state index in [1.807, 2.05) is 6.20 Å². The lowest BCUT2D eigenvalue weighted by atomic mass is 9.99. The monoisotopic (exact) mass is 472 g/mol. The number of aromatic nitrogens is 3. The fraction of sp³-hybridized carbons (Fsp3) is 0.192. The lowest BCUT2D eigenvalue weighted by molar-refractivity contribution is -0.124. The second kappa shape index (κ2) is 8.99. The van der Waals surface area contributed by atoms with Crippen molar-refractivity contribution in [1.82, 2.24) is 19.7 Å². The fourth-order valence-corrected chi connectivity index (χ4v) is 4.41. The molecule has 3 heterocycles. The lowest BCUT2D eigenvalue weighted by Gasteiger charge is -2.12. The van der Waals surface area contributed by atoms with Crippen molar-refractivity contribution in [2.75, 3.05) is 18.8 Å². The summed E-state index contributed by atoms with van der Waals surface area (Å²) in [6, 6.07) is 10.9. The molecule has 0 bridgehead atoms. The van der Waals surface area contributed by atoms with E-state index in [4.69, 9.17) is 11.8 Å². The van der Waals surface area contributed by atoms with Crippen LogP contribution in [0.4, 0.5) is 10.2 Å². The number of hydrogen-bond acceptors (Lipinski definition) is 5. The molecule has 1 aliphatic heterocycles. The molecule has 0 radical (unpaired) electrons. The van der Waals surface area contributed by atoms with Gasteiger partial charge in [0.15, 0.2) is 17.4 Å². The Kier molecular flexibility index (Phi) is 5.39. The number of carbonyl (C=O) groups is 1. The molecule has 1 fully saturated rings. The van der Waals surface area contributed by atoms with E-state index in [0.29, 0.717) is 41.9 Å². The number of amides is 1. The van der Waals surface area contributed by atoms with Crippen molar-refractivity contribution in [2.24, 2.45) is 0 Å². The number of nitrogens with two attached hydrogens (primary N) is 1. The van der Waals surface area contributed by atoms with E-state index >= 15 is 0 Å². The molecule has 2 aromatic heterocycles. The number of nitrogens with one attached hydrogen (secondary N) is 1. The summed E-state index contributed by atoms with van der Waals surface area (Å²) < 4.78 is 29.1. The molecular formula is C26H22FN5O3. The summed E-state index contributed by atoms with van der Waals surface area (Å²) in [6.45, 7) is 2.61. The Labute approximate surface area is 201 Å². The van der Waals surface area contributed by atoms with Crippen molar-refractivity contribution in [2.45, 2.75) is 19.3 Å². The zero-order valence-electron chi connectivity index (χ0n) is 19.8. The first-order chi connectivity index (χ1) is 17.4. The average Bonchev–Trinajstić information content (AvgIpc) is 3.51. The number of fused-ring (bicyclic) bond motifs is 1. The van der Waals surface area contributed by atoms with Crippen molar-refractivity contribution >= 4 is 22.6 Å². The van der Waals surface area contributed by atoms with Gasteiger partial charge in [0.05, 0.1) is 6.76 Å². The predicted octanol–water partition coefficient (Wildman–Crippen LogP) is 3.57. The van der Waals surface area contributed by atoms with Crippen molar-refractivity contribution in [1.29, 1.82) is 0 Å². The molecule has 0 saturated carbocycles. The number of likely N-dealkylation sites (tertiary alicyclic amines) is 1. The second-order valence-electron chi connectivity index (χ2n) is 8.17. The first kappa shape index (κ1) is 21.0. The summed E-state index contributed by atoms with van der Waals surface area (Å²) in [5.74, 6) is 4.65. The normalized spacial score (nSPS) is 15.5. The van der Waals surface area contributed by atoms with Gasteiger partial charge in [0, 0.05) is 30.9 Å². The minimum atomic E-state index is -0.741. The quantitative estimate of drug-likeness (QED) is 0.442. The summed E-state index contributed by atoms with van der Waals surface area (Å²) in [6.07, 6.45) is 2.53. The molecule has 35 heavy (non-hydrogen) atoms. The van der Waals surface area contributed by atoms with Crippen LogP contribution < -0.4 is 16.0 Å². The molecular weight excluding hydrogens is 449 g/mol. The average molecular weight is 472 g/mol. The highest BCUT2D eigenvalue weighted by Crippen LogP contribution is 2.35. The van der Waals surface area contributed by atoms with E-state index in [9.17, 15) is 14.0 Å². The van der Waals surface area contributed by atoms with Gasteiger partial charge in [-0.2, -0.15) is 5.10 Å². The highest BCUT2D eigenvalue weighted by molar-refractivity contribution is 5.94. The summed E-state index contributed by atoms with van der Waals surface area (Å²) in [7, 11) is 0. The standard InChI is InChI=1S/C26H22FN5O3/c1-2-5-22(33)31-13-12-16(14-31)19-15-32(24-23(19)26(34)30-29-25(24)28)17-8-10-18(11-9-17)35-21-7-4-3-6-20(21)27/h3-4,6-11,15-16H,12-14H2,1H3,(H2,28,29)(H,30,34)/t16-/m1/s1/i6D. The molecule has 2 aromatic carbocycles. The molecule has 8 nitrogen and oxygen atoms in total. The maximum absolute atomic E-state index is 14.2. The third-order valence-electron chi connectivity index (χ3n) is 6.04. The second-order valence-corrected chi connectivity index (χ2v) is 8.17. The first-order valence-corrected chi connectivity index (χ1v) is 11.0. The minimum Gasteiger partial charge on any atom is -0.454 e. The van der Waals surface area contributed by atoms with E-state index < -0.39 is 5.82 Å². The summed E-state index contributed by atoms with van der Waals surface area (Å²) in [5.41, 5.74) is 7.75. The van der Waals surface area contributed by atoms with Gasteiger partial charge in [0.1, 0.15) is 11.3 Å². The van der Waals surface area contributed by atoms with Crippen molar-refractivity contribution < 1.29 is 15.3 Å². The highest BCUT2D eigenvalue weighted by atomic mass is 19.1. The van der Waals surface area contributed by atoms with Gasteiger partial charge in [-0.05, 0) is 61.2 Å². The number of benzene rings is 2. The van der Waals surface area contributed by atoms with Gasteiger partial charge in [-0.25, -0.2) is 9.49 Å². The number of nitrogens with zero attached hydrogens (tertiary/aromatic N) is 3. The Hall–Kier alpha value is -4.58. The first-order valence-electron chi connectivity index (χ1n) is 11.5. The SMILES string of the molecule is [2H]c1cccc(Oc2ccc(-n3cc([C@@H]4CCN(C(=O)C#CC)C4)c4c(=O)[nH]nc(N)c43)cc2)c1F. The summed E-state index contributed by atoms with van der Waals surface area (Å²) in [4.78, 5) is 26.7. The number of halogens is 1. The van der Waals surface area contributed by atoms with Crippen LogP contribution in [0.1, 0.15) is 26.2 Å². The third kappa shape index (κ3) is 4.10. The summed E-state index contributed by atoms with van der Waals surface area (Å²) in [5, 5.41) is 6.83. The molecule has 9 heteroatoms. The molecule has 3 N–H and O–H groups in total.